The van der Waals surface area contributed by atoms with Crippen LogP contribution in [-0.4, -0.2) is 47.3 Å². The van der Waals surface area contributed by atoms with Crippen LogP contribution in [0.5, 0.6) is 0 Å². The van der Waals surface area contributed by atoms with E-state index in [9.17, 15) is 14.0 Å². The van der Waals surface area contributed by atoms with Gasteiger partial charge < -0.3 is 9.80 Å². The Balaban J connectivity index is 1.70. The number of hydrogen-bond donors (Lipinski definition) is 0. The van der Waals surface area contributed by atoms with Gasteiger partial charge in [-0.15, -0.1) is 0 Å². The highest BCUT2D eigenvalue weighted by Crippen LogP contribution is 2.32. The molecule has 4 nitrogen and oxygen atoms in total. The number of carbonyl (C=O) groups excluding carboxylic acids is 2. The number of carbonyl (C=O) groups is 2. The first kappa shape index (κ1) is 17.2. The number of amides is 2. The summed E-state index contributed by atoms with van der Waals surface area (Å²) in [6.07, 6.45) is 3.37. The largest absolute Gasteiger partial charge is 0.339 e. The van der Waals surface area contributed by atoms with E-state index in [0.717, 1.165) is 25.8 Å². The summed E-state index contributed by atoms with van der Waals surface area (Å²) in [5.41, 5.74) is 0.0241. The van der Waals surface area contributed by atoms with Crippen molar-refractivity contribution in [2.75, 3.05) is 19.6 Å². The predicted molar refractivity (Wildman–Crippen MR) is 90.4 cm³/mol. The van der Waals surface area contributed by atoms with Crippen LogP contribution in [0.1, 0.15) is 43.0 Å². The number of rotatable bonds is 3. The van der Waals surface area contributed by atoms with Crippen LogP contribution in [0.25, 0.3) is 0 Å². The van der Waals surface area contributed by atoms with Gasteiger partial charge in [-0.25, -0.2) is 4.39 Å². The zero-order chi connectivity index (χ0) is 17.3. The molecule has 1 aromatic rings. The normalized spacial score (nSPS) is 23.8. The molecule has 2 heterocycles. The lowest BCUT2D eigenvalue weighted by Crippen LogP contribution is -2.41. The van der Waals surface area contributed by atoms with E-state index in [1.165, 1.54) is 18.2 Å². The van der Waals surface area contributed by atoms with Crippen LogP contribution in [0, 0.1) is 11.7 Å². The summed E-state index contributed by atoms with van der Waals surface area (Å²) < 4.78 is 13.9. The molecule has 2 saturated heterocycles. The molecule has 2 aliphatic rings. The average molecular weight is 353 g/mol. The van der Waals surface area contributed by atoms with Crippen molar-refractivity contribution in [2.45, 2.75) is 38.6 Å². The van der Waals surface area contributed by atoms with Gasteiger partial charge >= 0.3 is 0 Å². The van der Waals surface area contributed by atoms with Gasteiger partial charge in [-0.2, -0.15) is 0 Å². The summed E-state index contributed by atoms with van der Waals surface area (Å²) in [5, 5.41) is 0.353. The third-order valence-corrected chi connectivity index (χ3v) is 5.37. The fraction of sp³-hybridized carbons (Fsp3) is 0.556. The molecule has 6 heteroatoms. The minimum atomic E-state index is -0.545. The quantitative estimate of drug-likeness (QED) is 0.837. The van der Waals surface area contributed by atoms with Crippen LogP contribution >= 0.6 is 11.6 Å². The molecule has 0 aliphatic carbocycles. The van der Waals surface area contributed by atoms with E-state index in [1.807, 2.05) is 11.8 Å². The van der Waals surface area contributed by atoms with Gasteiger partial charge in [-0.05, 0) is 43.4 Å². The molecule has 2 amide bonds. The lowest BCUT2D eigenvalue weighted by Gasteiger charge is -2.29. The van der Waals surface area contributed by atoms with E-state index in [-0.39, 0.29) is 29.3 Å². The van der Waals surface area contributed by atoms with E-state index in [4.69, 9.17) is 11.6 Å². The highest BCUT2D eigenvalue weighted by Gasteiger charge is 2.39. The van der Waals surface area contributed by atoms with Gasteiger partial charge in [0.25, 0.3) is 5.91 Å². The van der Waals surface area contributed by atoms with Gasteiger partial charge in [0.15, 0.2) is 0 Å². The molecule has 3 rings (SSSR count). The molecule has 0 N–H and O–H groups in total. The standard InChI is InChI=1S/C18H22ClFN2O2/c1-2-17(23)22-8-3-4-16(22)12-7-9-21(11-12)18(24)14-10-13(19)5-6-15(14)20/h5-6,10,12,16H,2-4,7-9,11H2,1H3. The lowest BCUT2D eigenvalue weighted by atomic mass is 9.96. The molecule has 1 aromatic carbocycles. The first-order valence-corrected chi connectivity index (χ1v) is 8.93. The summed E-state index contributed by atoms with van der Waals surface area (Å²) in [6.45, 7) is 3.86. The van der Waals surface area contributed by atoms with Crippen molar-refractivity contribution in [3.63, 3.8) is 0 Å². The molecule has 0 radical (unpaired) electrons. The second-order valence-corrected chi connectivity index (χ2v) is 7.01. The van der Waals surface area contributed by atoms with Crippen molar-refractivity contribution < 1.29 is 14.0 Å². The Kier molecular flexibility index (Phi) is 5.09. The van der Waals surface area contributed by atoms with Crippen molar-refractivity contribution in [3.05, 3.63) is 34.6 Å². The molecule has 2 aliphatic heterocycles. The Morgan fingerprint density at radius 1 is 1.29 bits per heavy atom. The van der Waals surface area contributed by atoms with Crippen LogP contribution in [0.3, 0.4) is 0 Å². The fourth-order valence-corrected chi connectivity index (χ4v) is 4.09. The van der Waals surface area contributed by atoms with E-state index < -0.39 is 5.82 Å². The van der Waals surface area contributed by atoms with Crippen molar-refractivity contribution in [1.82, 2.24) is 9.80 Å². The number of halogens is 2. The van der Waals surface area contributed by atoms with Gasteiger partial charge in [0.05, 0.1) is 5.56 Å². The molecule has 2 atom stereocenters. The van der Waals surface area contributed by atoms with Gasteiger partial charge in [-0.1, -0.05) is 18.5 Å². The first-order chi connectivity index (χ1) is 11.5. The average Bonchev–Trinajstić information content (AvgIpc) is 3.24. The summed E-state index contributed by atoms with van der Waals surface area (Å²) in [4.78, 5) is 28.3. The van der Waals surface area contributed by atoms with Gasteiger partial charge in [0.2, 0.25) is 5.91 Å². The Labute approximate surface area is 146 Å². The second kappa shape index (κ2) is 7.09. The molecule has 0 spiro atoms. The Hall–Kier alpha value is -1.62. The second-order valence-electron chi connectivity index (χ2n) is 6.57. The van der Waals surface area contributed by atoms with Gasteiger partial charge in [0.1, 0.15) is 5.82 Å². The molecule has 2 unspecified atom stereocenters. The van der Waals surface area contributed by atoms with Crippen molar-refractivity contribution in [1.29, 1.82) is 0 Å². The fourth-order valence-electron chi connectivity index (χ4n) is 3.91. The van der Waals surface area contributed by atoms with Crippen molar-refractivity contribution >= 4 is 23.4 Å². The third-order valence-electron chi connectivity index (χ3n) is 5.14. The monoisotopic (exact) mass is 352 g/mol. The Bertz CT molecular complexity index is 652. The van der Waals surface area contributed by atoms with Crippen LogP contribution in [-0.2, 0) is 4.79 Å². The van der Waals surface area contributed by atoms with Gasteiger partial charge in [0, 0.05) is 37.1 Å². The van der Waals surface area contributed by atoms with E-state index in [2.05, 4.69) is 0 Å². The molecular formula is C18H22ClFN2O2. The summed E-state index contributed by atoms with van der Waals surface area (Å²) in [7, 11) is 0. The summed E-state index contributed by atoms with van der Waals surface area (Å²) >= 11 is 5.89. The SMILES string of the molecule is CCC(=O)N1CCCC1C1CCN(C(=O)c2cc(Cl)ccc2F)C1. The van der Waals surface area contributed by atoms with Crippen LogP contribution in [0.15, 0.2) is 18.2 Å². The third kappa shape index (κ3) is 3.27. The van der Waals surface area contributed by atoms with Crippen molar-refractivity contribution in [2.24, 2.45) is 5.92 Å². The topological polar surface area (TPSA) is 40.6 Å². The molecule has 130 valence electrons. The molecule has 0 aromatic heterocycles. The Morgan fingerprint density at radius 2 is 2.08 bits per heavy atom. The van der Waals surface area contributed by atoms with Crippen LogP contribution < -0.4 is 0 Å². The zero-order valence-electron chi connectivity index (χ0n) is 13.8. The van der Waals surface area contributed by atoms with Gasteiger partial charge in [-0.3, -0.25) is 9.59 Å². The lowest BCUT2D eigenvalue weighted by molar-refractivity contribution is -0.132. The highest BCUT2D eigenvalue weighted by atomic mass is 35.5. The van der Waals surface area contributed by atoms with Crippen LogP contribution in [0.4, 0.5) is 4.39 Å². The molecular weight excluding hydrogens is 331 g/mol. The van der Waals surface area contributed by atoms with E-state index in [1.54, 1.807) is 4.90 Å². The number of likely N-dealkylation sites (tertiary alicyclic amines) is 2. The molecule has 0 saturated carbocycles. The molecule has 2 fully saturated rings. The van der Waals surface area contributed by atoms with Crippen molar-refractivity contribution in [3.8, 4) is 0 Å². The number of benzene rings is 1. The predicted octanol–water partition coefficient (Wildman–Crippen LogP) is 3.34. The summed E-state index contributed by atoms with van der Waals surface area (Å²) in [6, 6.07) is 4.25. The Morgan fingerprint density at radius 3 is 2.83 bits per heavy atom. The minimum absolute atomic E-state index is 0.0241. The maximum Gasteiger partial charge on any atom is 0.256 e. The number of nitrogens with zero attached hydrogens (tertiary/aromatic N) is 2. The highest BCUT2D eigenvalue weighted by molar-refractivity contribution is 6.31. The maximum absolute atomic E-state index is 13.9. The maximum atomic E-state index is 13.9. The number of hydrogen-bond acceptors (Lipinski definition) is 2. The van der Waals surface area contributed by atoms with Crippen LogP contribution in [0.2, 0.25) is 5.02 Å². The molecule has 24 heavy (non-hydrogen) atoms. The van der Waals surface area contributed by atoms with E-state index in [0.29, 0.717) is 24.5 Å². The first-order valence-electron chi connectivity index (χ1n) is 8.55. The molecule has 0 bridgehead atoms. The summed E-state index contributed by atoms with van der Waals surface area (Å²) in [5.74, 6) is -0.405. The van der Waals surface area contributed by atoms with E-state index >= 15 is 0 Å². The zero-order valence-corrected chi connectivity index (χ0v) is 14.6. The minimum Gasteiger partial charge on any atom is -0.339 e. The smallest absolute Gasteiger partial charge is 0.256 e.